The Labute approximate surface area is 158 Å². The summed E-state index contributed by atoms with van der Waals surface area (Å²) in [4.78, 5) is 13.4. The van der Waals surface area contributed by atoms with Crippen molar-refractivity contribution in [3.63, 3.8) is 0 Å². The summed E-state index contributed by atoms with van der Waals surface area (Å²) in [5.74, 6) is -0.210. The predicted octanol–water partition coefficient (Wildman–Crippen LogP) is 3.02. The first-order chi connectivity index (χ1) is 13.0. The zero-order chi connectivity index (χ0) is 19.3. The number of carbonyl (C=O) groups is 1. The van der Waals surface area contributed by atoms with Crippen LogP contribution in [0.1, 0.15) is 12.8 Å². The first-order valence-corrected chi connectivity index (χ1v) is 10.2. The largest absolute Gasteiger partial charge is 0.415 e. The molecule has 0 aliphatic carbocycles. The number of halogens is 1. The molecule has 144 valence electrons. The molecule has 2 aromatic rings. The van der Waals surface area contributed by atoms with Gasteiger partial charge in [-0.15, -0.1) is 0 Å². The molecule has 0 bridgehead atoms. The van der Waals surface area contributed by atoms with Crippen LogP contribution in [0.3, 0.4) is 0 Å². The first-order valence-electron chi connectivity index (χ1n) is 8.72. The first kappa shape index (κ1) is 19.3. The second-order valence-electron chi connectivity index (χ2n) is 6.39. The van der Waals surface area contributed by atoms with Crippen LogP contribution in [0.25, 0.3) is 0 Å². The standard InChI is InChI=1S/C19H21FN2O4S/c20-17-8-4-5-9-18(17)27(24,25)21-14-15-10-12-22(13-11-15)19(23)26-16-6-2-1-3-7-16/h1-9,15,21H,10-14H2. The Morgan fingerprint density at radius 3 is 2.37 bits per heavy atom. The maximum absolute atomic E-state index is 13.7. The molecule has 27 heavy (non-hydrogen) atoms. The van der Waals surface area contributed by atoms with Gasteiger partial charge in [0.2, 0.25) is 10.0 Å². The Morgan fingerprint density at radius 1 is 1.07 bits per heavy atom. The van der Waals surface area contributed by atoms with Crippen LogP contribution in [0.15, 0.2) is 59.5 Å². The number of sulfonamides is 1. The maximum Gasteiger partial charge on any atom is 0.415 e. The third-order valence-corrected chi connectivity index (χ3v) is 5.97. The fourth-order valence-corrected chi connectivity index (χ4v) is 4.13. The summed E-state index contributed by atoms with van der Waals surface area (Å²) < 4.78 is 45.9. The number of nitrogens with one attached hydrogen (secondary N) is 1. The molecule has 0 saturated carbocycles. The molecule has 2 aromatic carbocycles. The van der Waals surface area contributed by atoms with E-state index in [9.17, 15) is 17.6 Å². The molecule has 1 aliphatic heterocycles. The van der Waals surface area contributed by atoms with Crippen molar-refractivity contribution in [2.45, 2.75) is 17.7 Å². The minimum atomic E-state index is -3.89. The highest BCUT2D eigenvalue weighted by Crippen LogP contribution is 2.20. The molecule has 6 nitrogen and oxygen atoms in total. The fraction of sp³-hybridized carbons (Fsp3) is 0.316. The van der Waals surface area contributed by atoms with E-state index in [1.54, 1.807) is 29.2 Å². The van der Waals surface area contributed by atoms with E-state index in [2.05, 4.69) is 4.72 Å². The van der Waals surface area contributed by atoms with E-state index in [-0.39, 0.29) is 17.4 Å². The molecule has 1 saturated heterocycles. The van der Waals surface area contributed by atoms with Crippen LogP contribution < -0.4 is 9.46 Å². The topological polar surface area (TPSA) is 75.7 Å². The number of nitrogens with zero attached hydrogens (tertiary/aromatic N) is 1. The van der Waals surface area contributed by atoms with Gasteiger partial charge in [-0.2, -0.15) is 0 Å². The summed E-state index contributed by atoms with van der Waals surface area (Å²) in [5, 5.41) is 0. The molecule has 0 aromatic heterocycles. The van der Waals surface area contributed by atoms with Gasteiger partial charge in [0.05, 0.1) is 0 Å². The third-order valence-electron chi connectivity index (χ3n) is 4.51. The molecule has 1 aliphatic rings. The van der Waals surface area contributed by atoms with Gasteiger partial charge >= 0.3 is 6.09 Å². The summed E-state index contributed by atoms with van der Waals surface area (Å²) in [5.41, 5.74) is 0. The Balaban J connectivity index is 1.48. The second kappa shape index (κ2) is 8.49. The second-order valence-corrected chi connectivity index (χ2v) is 8.13. The van der Waals surface area contributed by atoms with E-state index in [1.807, 2.05) is 6.07 Å². The van der Waals surface area contributed by atoms with Gasteiger partial charge in [-0.3, -0.25) is 0 Å². The number of amides is 1. The molecule has 1 fully saturated rings. The van der Waals surface area contributed by atoms with Crippen LogP contribution in [0.5, 0.6) is 5.75 Å². The smallest absolute Gasteiger partial charge is 0.410 e. The van der Waals surface area contributed by atoms with Crippen molar-refractivity contribution in [3.8, 4) is 5.75 Å². The quantitative estimate of drug-likeness (QED) is 0.849. The fourth-order valence-electron chi connectivity index (χ4n) is 2.94. The number of likely N-dealkylation sites (tertiary alicyclic amines) is 1. The average Bonchev–Trinajstić information content (AvgIpc) is 2.68. The minimum absolute atomic E-state index is 0.0762. The lowest BCUT2D eigenvalue weighted by Gasteiger charge is -2.31. The van der Waals surface area contributed by atoms with Crippen molar-refractivity contribution in [2.24, 2.45) is 5.92 Å². The Hall–Kier alpha value is -2.45. The molecule has 0 spiro atoms. The van der Waals surface area contributed by atoms with Crippen molar-refractivity contribution in [1.29, 1.82) is 0 Å². The highest BCUT2D eigenvalue weighted by Gasteiger charge is 2.26. The Kier molecular flexibility index (Phi) is 6.08. The van der Waals surface area contributed by atoms with E-state index >= 15 is 0 Å². The monoisotopic (exact) mass is 392 g/mol. The molecule has 3 rings (SSSR count). The Bertz CT molecular complexity index is 882. The maximum atomic E-state index is 13.7. The zero-order valence-corrected chi connectivity index (χ0v) is 15.5. The van der Waals surface area contributed by atoms with Crippen LogP contribution in [-0.2, 0) is 10.0 Å². The number of ether oxygens (including phenoxy) is 1. The van der Waals surface area contributed by atoms with E-state index in [1.165, 1.54) is 18.2 Å². The number of piperidine rings is 1. The number of hydrogen-bond donors (Lipinski definition) is 1. The lowest BCUT2D eigenvalue weighted by molar-refractivity contribution is 0.131. The third kappa shape index (κ3) is 5.05. The molecule has 0 radical (unpaired) electrons. The summed E-state index contributed by atoms with van der Waals surface area (Å²) in [6.45, 7) is 1.17. The van der Waals surface area contributed by atoms with Gasteiger partial charge in [-0.1, -0.05) is 30.3 Å². The number of hydrogen-bond acceptors (Lipinski definition) is 4. The van der Waals surface area contributed by atoms with Gasteiger partial charge < -0.3 is 9.64 Å². The van der Waals surface area contributed by atoms with Crippen LogP contribution in [0.2, 0.25) is 0 Å². The summed E-state index contributed by atoms with van der Waals surface area (Å²) in [6.07, 6.45) is 0.875. The predicted molar refractivity (Wildman–Crippen MR) is 98.4 cm³/mol. The molecule has 1 N–H and O–H groups in total. The van der Waals surface area contributed by atoms with Gasteiger partial charge in [0.15, 0.2) is 0 Å². The SMILES string of the molecule is O=C(Oc1ccccc1)N1CCC(CNS(=O)(=O)c2ccccc2F)CC1. The highest BCUT2D eigenvalue weighted by molar-refractivity contribution is 7.89. The molecule has 0 unspecified atom stereocenters. The van der Waals surface area contributed by atoms with E-state index in [0.717, 1.165) is 6.07 Å². The minimum Gasteiger partial charge on any atom is -0.410 e. The molecule has 1 amide bonds. The normalized spacial score (nSPS) is 15.5. The summed E-state index contributed by atoms with van der Waals surface area (Å²) >= 11 is 0. The molecule has 0 atom stereocenters. The highest BCUT2D eigenvalue weighted by atomic mass is 32.2. The van der Waals surface area contributed by atoms with Crippen LogP contribution in [0.4, 0.5) is 9.18 Å². The van der Waals surface area contributed by atoms with Gasteiger partial charge in [0, 0.05) is 19.6 Å². The van der Waals surface area contributed by atoms with Gasteiger partial charge in [-0.25, -0.2) is 22.3 Å². The summed E-state index contributed by atoms with van der Waals surface area (Å²) in [6, 6.07) is 14.1. The van der Waals surface area contributed by atoms with E-state index in [4.69, 9.17) is 4.74 Å². The lowest BCUT2D eigenvalue weighted by Crippen LogP contribution is -2.42. The molecule has 8 heteroatoms. The molecule has 1 heterocycles. The van der Waals surface area contributed by atoms with Crippen molar-refractivity contribution in [1.82, 2.24) is 9.62 Å². The number of rotatable bonds is 5. The number of para-hydroxylation sites is 1. The van der Waals surface area contributed by atoms with Gasteiger partial charge in [-0.05, 0) is 43.0 Å². The molecular weight excluding hydrogens is 371 g/mol. The number of carbonyl (C=O) groups excluding carboxylic acids is 1. The number of benzene rings is 2. The lowest BCUT2D eigenvalue weighted by atomic mass is 9.97. The van der Waals surface area contributed by atoms with E-state index in [0.29, 0.717) is 31.7 Å². The Morgan fingerprint density at radius 2 is 1.70 bits per heavy atom. The van der Waals surface area contributed by atoms with Gasteiger partial charge in [0.25, 0.3) is 0 Å². The van der Waals surface area contributed by atoms with Crippen LogP contribution >= 0.6 is 0 Å². The summed E-state index contributed by atoms with van der Waals surface area (Å²) in [7, 11) is -3.89. The van der Waals surface area contributed by atoms with Crippen molar-refractivity contribution >= 4 is 16.1 Å². The van der Waals surface area contributed by atoms with E-state index < -0.39 is 21.9 Å². The van der Waals surface area contributed by atoms with Gasteiger partial charge in [0.1, 0.15) is 16.5 Å². The zero-order valence-electron chi connectivity index (χ0n) is 14.7. The van der Waals surface area contributed by atoms with Crippen molar-refractivity contribution in [3.05, 3.63) is 60.4 Å². The van der Waals surface area contributed by atoms with Crippen LogP contribution in [-0.4, -0.2) is 39.0 Å². The molecular formula is C19H21FN2O4S. The average molecular weight is 392 g/mol. The van der Waals surface area contributed by atoms with Crippen molar-refractivity contribution < 1.29 is 22.3 Å². The van der Waals surface area contributed by atoms with Crippen LogP contribution in [0, 0.1) is 11.7 Å². The van der Waals surface area contributed by atoms with Crippen molar-refractivity contribution in [2.75, 3.05) is 19.6 Å².